The first-order valence-electron chi connectivity index (χ1n) is 3.85. The lowest BCUT2D eigenvalue weighted by Crippen LogP contribution is -2.15. The second-order valence-corrected chi connectivity index (χ2v) is 4.82. The van der Waals surface area contributed by atoms with Gasteiger partial charge in [-0.2, -0.15) is 5.26 Å². The summed E-state index contributed by atoms with van der Waals surface area (Å²) in [5.41, 5.74) is 0.518. The highest BCUT2D eigenvalue weighted by molar-refractivity contribution is 14.1. The third-order valence-corrected chi connectivity index (χ3v) is 3.70. The van der Waals surface area contributed by atoms with E-state index in [9.17, 15) is 0 Å². The summed E-state index contributed by atoms with van der Waals surface area (Å²) in [5.74, 6) is 0. The number of hydrogen-bond donors (Lipinski definition) is 0. The van der Waals surface area contributed by atoms with Crippen LogP contribution in [-0.2, 0) is 5.41 Å². The van der Waals surface area contributed by atoms with Gasteiger partial charge in [0, 0.05) is 3.57 Å². The van der Waals surface area contributed by atoms with E-state index in [4.69, 9.17) is 16.9 Å². The molecule has 1 nitrogen and oxygen atoms in total. The summed E-state index contributed by atoms with van der Waals surface area (Å²) in [6.07, 6.45) is 0. The van der Waals surface area contributed by atoms with Crippen molar-refractivity contribution in [3.63, 3.8) is 0 Å². The Balaban J connectivity index is 3.33. The molecule has 68 valence electrons. The SMILES string of the molecule is CC(C)(C#N)c1cccc(Cl)c1I. The molecular weight excluding hydrogens is 296 g/mol. The number of hydrogen-bond acceptors (Lipinski definition) is 1. The summed E-state index contributed by atoms with van der Waals surface area (Å²) >= 11 is 8.13. The van der Waals surface area contributed by atoms with Crippen molar-refractivity contribution in [3.05, 3.63) is 32.4 Å². The maximum absolute atomic E-state index is 8.97. The topological polar surface area (TPSA) is 23.8 Å². The van der Waals surface area contributed by atoms with E-state index in [1.54, 1.807) is 0 Å². The van der Waals surface area contributed by atoms with Crippen LogP contribution in [0.25, 0.3) is 0 Å². The zero-order chi connectivity index (χ0) is 10.1. The van der Waals surface area contributed by atoms with Gasteiger partial charge in [-0.05, 0) is 48.1 Å². The van der Waals surface area contributed by atoms with Crippen LogP contribution in [0.3, 0.4) is 0 Å². The molecule has 0 aliphatic carbocycles. The summed E-state index contributed by atoms with van der Waals surface area (Å²) < 4.78 is 0.966. The zero-order valence-electron chi connectivity index (χ0n) is 7.44. The van der Waals surface area contributed by atoms with Crippen LogP contribution in [0.1, 0.15) is 19.4 Å². The van der Waals surface area contributed by atoms with Crippen molar-refractivity contribution in [1.82, 2.24) is 0 Å². The monoisotopic (exact) mass is 305 g/mol. The average Bonchev–Trinajstić information content (AvgIpc) is 2.09. The van der Waals surface area contributed by atoms with E-state index in [1.165, 1.54) is 0 Å². The Morgan fingerprint density at radius 1 is 1.46 bits per heavy atom. The van der Waals surface area contributed by atoms with Crippen molar-refractivity contribution >= 4 is 34.2 Å². The first kappa shape index (κ1) is 10.8. The molecule has 13 heavy (non-hydrogen) atoms. The Bertz CT molecular complexity index is 366. The van der Waals surface area contributed by atoms with E-state index in [0.29, 0.717) is 5.02 Å². The lowest BCUT2D eigenvalue weighted by molar-refractivity contribution is 0.682. The normalized spacial score (nSPS) is 11.0. The molecule has 1 aromatic carbocycles. The third kappa shape index (κ3) is 2.15. The van der Waals surface area contributed by atoms with Crippen LogP contribution in [0.4, 0.5) is 0 Å². The summed E-state index contributed by atoms with van der Waals surface area (Å²) in [5, 5.41) is 9.68. The van der Waals surface area contributed by atoms with E-state index >= 15 is 0 Å². The molecule has 0 fully saturated rings. The fourth-order valence-electron chi connectivity index (χ4n) is 1.05. The molecule has 0 N–H and O–H groups in total. The molecule has 0 aliphatic heterocycles. The van der Waals surface area contributed by atoms with E-state index in [2.05, 4.69) is 28.7 Å². The molecule has 1 aromatic rings. The molecule has 0 heterocycles. The Morgan fingerprint density at radius 3 is 2.62 bits per heavy atom. The molecule has 0 spiro atoms. The first-order chi connectivity index (χ1) is 5.99. The molecule has 0 saturated carbocycles. The molecule has 1 rings (SSSR count). The maximum Gasteiger partial charge on any atom is 0.0777 e. The van der Waals surface area contributed by atoms with Crippen LogP contribution in [0.2, 0.25) is 5.02 Å². The molecule has 0 aliphatic rings. The van der Waals surface area contributed by atoms with Crippen molar-refractivity contribution in [2.75, 3.05) is 0 Å². The third-order valence-electron chi connectivity index (χ3n) is 1.90. The number of rotatable bonds is 1. The van der Waals surface area contributed by atoms with Gasteiger partial charge < -0.3 is 0 Å². The molecule has 0 amide bonds. The van der Waals surface area contributed by atoms with Crippen LogP contribution in [0.5, 0.6) is 0 Å². The molecule has 0 bridgehead atoms. The quantitative estimate of drug-likeness (QED) is 0.725. The summed E-state index contributed by atoms with van der Waals surface area (Å²) in [7, 11) is 0. The van der Waals surface area contributed by atoms with Crippen LogP contribution < -0.4 is 0 Å². The highest BCUT2D eigenvalue weighted by Gasteiger charge is 2.23. The minimum atomic E-state index is -0.471. The van der Waals surface area contributed by atoms with Gasteiger partial charge in [-0.3, -0.25) is 0 Å². The van der Waals surface area contributed by atoms with Gasteiger partial charge in [-0.1, -0.05) is 23.7 Å². The Kier molecular flexibility index (Phi) is 3.20. The largest absolute Gasteiger partial charge is 0.197 e. The molecule has 3 heteroatoms. The van der Waals surface area contributed by atoms with E-state index in [-0.39, 0.29) is 0 Å². The summed E-state index contributed by atoms with van der Waals surface area (Å²) in [6.45, 7) is 3.78. The standard InChI is InChI=1S/C10H9ClIN/c1-10(2,6-13)7-4-3-5-8(11)9(7)12/h3-5H,1-2H3. The van der Waals surface area contributed by atoms with Gasteiger partial charge in [0.05, 0.1) is 16.5 Å². The molecule has 0 radical (unpaired) electrons. The Morgan fingerprint density at radius 2 is 2.08 bits per heavy atom. The minimum absolute atomic E-state index is 0.471. The average molecular weight is 306 g/mol. The number of nitriles is 1. The van der Waals surface area contributed by atoms with Gasteiger partial charge in [-0.15, -0.1) is 0 Å². The predicted molar refractivity (Wildman–Crippen MR) is 62.8 cm³/mol. The summed E-state index contributed by atoms with van der Waals surface area (Å²) in [6, 6.07) is 7.91. The zero-order valence-corrected chi connectivity index (χ0v) is 10.3. The molecule has 0 aromatic heterocycles. The van der Waals surface area contributed by atoms with Crippen molar-refractivity contribution in [3.8, 4) is 6.07 Å². The van der Waals surface area contributed by atoms with Crippen molar-refractivity contribution < 1.29 is 0 Å². The van der Waals surface area contributed by atoms with Crippen LogP contribution >= 0.6 is 34.2 Å². The van der Waals surface area contributed by atoms with Gasteiger partial charge in [0.25, 0.3) is 0 Å². The molecular formula is C10H9ClIN. The Labute approximate surface area is 96.8 Å². The first-order valence-corrected chi connectivity index (χ1v) is 5.30. The maximum atomic E-state index is 8.97. The fraction of sp³-hybridized carbons (Fsp3) is 0.300. The van der Waals surface area contributed by atoms with Crippen molar-refractivity contribution in [2.45, 2.75) is 19.3 Å². The van der Waals surface area contributed by atoms with Gasteiger partial charge in [0.2, 0.25) is 0 Å². The van der Waals surface area contributed by atoms with Crippen LogP contribution in [-0.4, -0.2) is 0 Å². The predicted octanol–water partition coefficient (Wildman–Crippen LogP) is 3.75. The van der Waals surface area contributed by atoms with Crippen molar-refractivity contribution in [1.29, 1.82) is 5.26 Å². The Hall–Kier alpha value is -0.270. The van der Waals surface area contributed by atoms with Crippen LogP contribution in [0.15, 0.2) is 18.2 Å². The highest BCUT2D eigenvalue weighted by atomic mass is 127. The molecule has 0 unspecified atom stereocenters. The second kappa shape index (κ2) is 3.85. The number of halogens is 2. The lowest BCUT2D eigenvalue weighted by Gasteiger charge is -2.17. The van der Waals surface area contributed by atoms with E-state index in [1.807, 2.05) is 32.0 Å². The number of benzene rings is 1. The number of nitrogens with zero attached hydrogens (tertiary/aromatic N) is 1. The lowest BCUT2D eigenvalue weighted by atomic mass is 9.86. The highest BCUT2D eigenvalue weighted by Crippen LogP contribution is 2.31. The van der Waals surface area contributed by atoms with Gasteiger partial charge >= 0.3 is 0 Å². The smallest absolute Gasteiger partial charge is 0.0777 e. The molecule has 0 saturated heterocycles. The van der Waals surface area contributed by atoms with E-state index in [0.717, 1.165) is 9.13 Å². The summed E-state index contributed by atoms with van der Waals surface area (Å²) in [4.78, 5) is 0. The fourth-order valence-corrected chi connectivity index (χ4v) is 2.26. The van der Waals surface area contributed by atoms with Gasteiger partial charge in [0.1, 0.15) is 0 Å². The van der Waals surface area contributed by atoms with E-state index < -0.39 is 5.41 Å². The second-order valence-electron chi connectivity index (χ2n) is 3.34. The molecule has 0 atom stereocenters. The van der Waals surface area contributed by atoms with Gasteiger partial charge in [-0.25, -0.2) is 0 Å². The minimum Gasteiger partial charge on any atom is -0.197 e. The van der Waals surface area contributed by atoms with Crippen LogP contribution in [0, 0.1) is 14.9 Å². The van der Waals surface area contributed by atoms with Gasteiger partial charge in [0.15, 0.2) is 0 Å². The van der Waals surface area contributed by atoms with Crippen molar-refractivity contribution in [2.24, 2.45) is 0 Å².